The van der Waals surface area contributed by atoms with Gasteiger partial charge in [-0.05, 0) is 24.7 Å². The van der Waals surface area contributed by atoms with Gasteiger partial charge in [0.25, 0.3) is 0 Å². The molecule has 1 N–H and O–H groups in total. The Balaban J connectivity index is 1.99. The molecule has 1 fully saturated rings. The molecule has 0 spiro atoms. The zero-order chi connectivity index (χ0) is 13.7. The van der Waals surface area contributed by atoms with Crippen molar-refractivity contribution in [3.63, 3.8) is 0 Å². The maximum Gasteiger partial charge on any atom is 0.134 e. The molecule has 0 amide bonds. The molecule has 1 saturated heterocycles. The van der Waals surface area contributed by atoms with Crippen LogP contribution in [0, 0.1) is 5.41 Å². The minimum Gasteiger partial charge on any atom is -0.370 e. The van der Waals surface area contributed by atoms with Crippen molar-refractivity contribution in [3.8, 4) is 0 Å². The molecule has 1 aromatic heterocycles. The Morgan fingerprint density at radius 1 is 1.26 bits per heavy atom. The summed E-state index contributed by atoms with van der Waals surface area (Å²) in [5.41, 5.74) is 0.521. The third-order valence-corrected chi connectivity index (χ3v) is 4.36. The largest absolute Gasteiger partial charge is 0.370 e. The highest BCUT2D eigenvalue weighted by Crippen LogP contribution is 2.35. The van der Waals surface area contributed by atoms with Gasteiger partial charge < -0.3 is 10.2 Å². The Labute approximate surface area is 116 Å². The van der Waals surface area contributed by atoms with Crippen LogP contribution >= 0.6 is 0 Å². The van der Waals surface area contributed by atoms with Crippen molar-refractivity contribution in [2.75, 3.05) is 29.9 Å². The van der Waals surface area contributed by atoms with Crippen molar-refractivity contribution in [1.82, 2.24) is 9.97 Å². The third kappa shape index (κ3) is 3.58. The molecule has 4 heteroatoms. The van der Waals surface area contributed by atoms with Crippen LogP contribution in [0.5, 0.6) is 0 Å². The van der Waals surface area contributed by atoms with E-state index in [-0.39, 0.29) is 0 Å². The van der Waals surface area contributed by atoms with Crippen LogP contribution < -0.4 is 10.2 Å². The van der Waals surface area contributed by atoms with E-state index >= 15 is 0 Å². The highest BCUT2D eigenvalue weighted by Gasteiger charge is 2.28. The van der Waals surface area contributed by atoms with Crippen LogP contribution in [0.1, 0.15) is 46.5 Å². The second-order valence-electron chi connectivity index (χ2n) is 5.84. The quantitative estimate of drug-likeness (QED) is 0.884. The average Bonchev–Trinajstić information content (AvgIpc) is 2.46. The molecule has 4 nitrogen and oxygen atoms in total. The number of rotatable bonds is 5. The smallest absolute Gasteiger partial charge is 0.134 e. The molecule has 0 atom stereocenters. The van der Waals surface area contributed by atoms with E-state index in [4.69, 9.17) is 0 Å². The van der Waals surface area contributed by atoms with Crippen molar-refractivity contribution in [2.24, 2.45) is 5.41 Å². The first kappa shape index (κ1) is 14.1. The number of nitrogens with zero attached hydrogens (tertiary/aromatic N) is 3. The van der Waals surface area contributed by atoms with Crippen LogP contribution in [0.25, 0.3) is 0 Å². The summed E-state index contributed by atoms with van der Waals surface area (Å²) in [5.74, 6) is 2.00. The zero-order valence-corrected chi connectivity index (χ0v) is 12.4. The molecule has 106 valence electrons. The van der Waals surface area contributed by atoms with Gasteiger partial charge in [0.15, 0.2) is 0 Å². The molecule has 0 radical (unpaired) electrons. The van der Waals surface area contributed by atoms with Crippen LogP contribution in [-0.2, 0) is 0 Å². The molecular weight excluding hydrogens is 236 g/mol. The van der Waals surface area contributed by atoms with Gasteiger partial charge in [0.05, 0.1) is 0 Å². The van der Waals surface area contributed by atoms with Crippen molar-refractivity contribution in [1.29, 1.82) is 0 Å². The Morgan fingerprint density at radius 3 is 2.63 bits per heavy atom. The number of hydrogen-bond donors (Lipinski definition) is 1. The van der Waals surface area contributed by atoms with Crippen LogP contribution in [0.3, 0.4) is 0 Å². The SMILES string of the molecule is CCCNc1cc(N2CCC(C)(CC)CC2)ncn1. The molecule has 1 aliphatic rings. The van der Waals surface area contributed by atoms with Gasteiger partial charge in [-0.15, -0.1) is 0 Å². The van der Waals surface area contributed by atoms with Crippen molar-refractivity contribution in [2.45, 2.75) is 46.5 Å². The van der Waals surface area contributed by atoms with E-state index in [1.807, 2.05) is 0 Å². The summed E-state index contributed by atoms with van der Waals surface area (Å²) in [7, 11) is 0. The molecule has 19 heavy (non-hydrogen) atoms. The highest BCUT2D eigenvalue weighted by molar-refractivity contribution is 5.48. The molecule has 0 aromatic carbocycles. The first-order valence-corrected chi connectivity index (χ1v) is 7.48. The summed E-state index contributed by atoms with van der Waals surface area (Å²) in [6.45, 7) is 10.0. The van der Waals surface area contributed by atoms with Gasteiger partial charge in [0.2, 0.25) is 0 Å². The van der Waals surface area contributed by atoms with E-state index in [9.17, 15) is 0 Å². The molecule has 2 heterocycles. The Bertz CT molecular complexity index is 397. The Morgan fingerprint density at radius 2 is 2.00 bits per heavy atom. The summed E-state index contributed by atoms with van der Waals surface area (Å²) in [5, 5.41) is 3.32. The van der Waals surface area contributed by atoms with Gasteiger partial charge in [0.1, 0.15) is 18.0 Å². The van der Waals surface area contributed by atoms with E-state index in [1.54, 1.807) is 6.33 Å². The van der Waals surface area contributed by atoms with Crippen molar-refractivity contribution < 1.29 is 0 Å². The normalized spacial score (nSPS) is 18.4. The topological polar surface area (TPSA) is 41.0 Å². The van der Waals surface area contributed by atoms with Gasteiger partial charge in [-0.3, -0.25) is 0 Å². The fourth-order valence-corrected chi connectivity index (χ4v) is 2.50. The fourth-order valence-electron chi connectivity index (χ4n) is 2.50. The lowest BCUT2D eigenvalue weighted by atomic mass is 9.78. The second kappa shape index (κ2) is 6.22. The summed E-state index contributed by atoms with van der Waals surface area (Å²) >= 11 is 0. The van der Waals surface area contributed by atoms with Gasteiger partial charge in [0, 0.05) is 25.7 Å². The molecular formula is C15H26N4. The average molecular weight is 262 g/mol. The summed E-state index contributed by atoms with van der Waals surface area (Å²) in [6.07, 6.45) is 6.56. The summed E-state index contributed by atoms with van der Waals surface area (Å²) < 4.78 is 0. The predicted octanol–water partition coefficient (Wildman–Crippen LogP) is 3.32. The summed E-state index contributed by atoms with van der Waals surface area (Å²) in [4.78, 5) is 11.1. The number of nitrogens with one attached hydrogen (secondary N) is 1. The molecule has 0 saturated carbocycles. The number of anilines is 2. The molecule has 1 aromatic rings. The summed E-state index contributed by atoms with van der Waals surface area (Å²) in [6, 6.07) is 2.07. The molecule has 0 unspecified atom stereocenters. The maximum absolute atomic E-state index is 4.42. The van der Waals surface area contributed by atoms with E-state index in [1.165, 1.54) is 19.3 Å². The second-order valence-corrected chi connectivity index (χ2v) is 5.84. The zero-order valence-electron chi connectivity index (χ0n) is 12.4. The first-order valence-electron chi connectivity index (χ1n) is 7.48. The lowest BCUT2D eigenvalue weighted by Gasteiger charge is -2.39. The van der Waals surface area contributed by atoms with E-state index < -0.39 is 0 Å². The van der Waals surface area contributed by atoms with Crippen LogP contribution in [-0.4, -0.2) is 29.6 Å². The molecule has 0 bridgehead atoms. The van der Waals surface area contributed by atoms with E-state index in [2.05, 4.69) is 47.0 Å². The van der Waals surface area contributed by atoms with Crippen LogP contribution in [0.15, 0.2) is 12.4 Å². The first-order chi connectivity index (χ1) is 9.17. The fraction of sp³-hybridized carbons (Fsp3) is 0.733. The van der Waals surface area contributed by atoms with Gasteiger partial charge >= 0.3 is 0 Å². The van der Waals surface area contributed by atoms with Crippen LogP contribution in [0.2, 0.25) is 0 Å². The lowest BCUT2D eigenvalue weighted by molar-refractivity contribution is 0.238. The number of piperidine rings is 1. The van der Waals surface area contributed by atoms with Crippen LogP contribution in [0.4, 0.5) is 11.6 Å². The van der Waals surface area contributed by atoms with E-state index in [0.717, 1.165) is 37.7 Å². The lowest BCUT2D eigenvalue weighted by Crippen LogP contribution is -2.38. The number of aromatic nitrogens is 2. The van der Waals surface area contributed by atoms with Crippen molar-refractivity contribution >= 4 is 11.6 Å². The Hall–Kier alpha value is -1.32. The van der Waals surface area contributed by atoms with E-state index in [0.29, 0.717) is 5.41 Å². The monoisotopic (exact) mass is 262 g/mol. The van der Waals surface area contributed by atoms with Crippen molar-refractivity contribution in [3.05, 3.63) is 12.4 Å². The molecule has 1 aliphatic heterocycles. The van der Waals surface area contributed by atoms with Gasteiger partial charge in [-0.1, -0.05) is 27.2 Å². The Kier molecular flexibility index (Phi) is 4.61. The number of hydrogen-bond acceptors (Lipinski definition) is 4. The minimum atomic E-state index is 0.521. The molecule has 2 rings (SSSR count). The highest BCUT2D eigenvalue weighted by atomic mass is 15.2. The molecule has 0 aliphatic carbocycles. The maximum atomic E-state index is 4.42. The predicted molar refractivity (Wildman–Crippen MR) is 80.7 cm³/mol. The van der Waals surface area contributed by atoms with Gasteiger partial charge in [-0.2, -0.15) is 0 Å². The standard InChI is InChI=1S/C15H26N4/c1-4-8-16-13-11-14(18-12-17-13)19-9-6-15(3,5-2)7-10-19/h11-12H,4-10H2,1-3H3,(H,16,17,18). The third-order valence-electron chi connectivity index (χ3n) is 4.36. The minimum absolute atomic E-state index is 0.521. The van der Waals surface area contributed by atoms with Gasteiger partial charge in [-0.25, -0.2) is 9.97 Å².